The third kappa shape index (κ3) is 4.60. The first-order valence-corrected chi connectivity index (χ1v) is 8.90. The monoisotopic (exact) mass is 365 g/mol. The number of rotatable bonds is 7. The quantitative estimate of drug-likeness (QED) is 0.558. The highest BCUT2D eigenvalue weighted by molar-refractivity contribution is 7.98. The molecule has 0 saturated carbocycles. The Bertz CT molecular complexity index is 746. The molecule has 0 aliphatic heterocycles. The van der Waals surface area contributed by atoms with E-state index < -0.39 is 0 Å². The van der Waals surface area contributed by atoms with Gasteiger partial charge in [-0.25, -0.2) is 9.37 Å². The van der Waals surface area contributed by atoms with Crippen LogP contribution in [0.15, 0.2) is 35.6 Å². The number of benzene rings is 1. The van der Waals surface area contributed by atoms with Gasteiger partial charge in [0, 0.05) is 25.7 Å². The molecule has 0 aliphatic carbocycles. The molecule has 2 rings (SSSR count). The van der Waals surface area contributed by atoms with E-state index >= 15 is 0 Å². The second kappa shape index (κ2) is 8.66. The number of imidazole rings is 1. The molecule has 8 heteroatoms. The van der Waals surface area contributed by atoms with E-state index in [1.165, 1.54) is 42.1 Å². The molecule has 0 spiro atoms. The van der Waals surface area contributed by atoms with Gasteiger partial charge in [-0.1, -0.05) is 11.8 Å². The van der Waals surface area contributed by atoms with Crippen LogP contribution in [-0.4, -0.2) is 53.3 Å². The van der Waals surface area contributed by atoms with Crippen molar-refractivity contribution in [3.05, 3.63) is 42.0 Å². The lowest BCUT2D eigenvalue weighted by molar-refractivity contribution is -0.140. The molecule has 6 nitrogen and oxygen atoms in total. The van der Waals surface area contributed by atoms with E-state index in [-0.39, 0.29) is 24.1 Å². The van der Waals surface area contributed by atoms with Crippen molar-refractivity contribution in [3.63, 3.8) is 0 Å². The zero-order chi connectivity index (χ0) is 18.4. The second-order valence-corrected chi connectivity index (χ2v) is 6.12. The number of halogens is 1. The first-order valence-electron chi connectivity index (χ1n) is 7.68. The van der Waals surface area contributed by atoms with Gasteiger partial charge in [-0.3, -0.25) is 14.2 Å². The molecule has 1 aromatic carbocycles. The topological polar surface area (TPSA) is 64.4 Å². The third-order valence-electron chi connectivity index (χ3n) is 3.66. The first kappa shape index (κ1) is 19.0. The van der Waals surface area contributed by atoms with Crippen molar-refractivity contribution in [2.45, 2.75) is 18.0 Å². The molecule has 0 unspecified atom stereocenters. The lowest BCUT2D eigenvalue weighted by atomic mass is 10.2. The van der Waals surface area contributed by atoms with Gasteiger partial charge in [-0.05, 0) is 36.9 Å². The highest BCUT2D eigenvalue weighted by Gasteiger charge is 2.20. The van der Waals surface area contributed by atoms with Crippen LogP contribution in [0, 0.1) is 5.82 Å². The predicted octanol–water partition coefficient (Wildman–Crippen LogP) is 2.76. The Balaban J connectivity index is 2.21. The number of carbonyl (C=O) groups is 2. The molecule has 1 aromatic heterocycles. The van der Waals surface area contributed by atoms with Gasteiger partial charge in [0.25, 0.3) is 5.91 Å². The summed E-state index contributed by atoms with van der Waals surface area (Å²) >= 11 is 1.40. The van der Waals surface area contributed by atoms with E-state index in [1.807, 2.05) is 6.26 Å². The van der Waals surface area contributed by atoms with Crippen molar-refractivity contribution in [1.82, 2.24) is 14.5 Å². The van der Waals surface area contributed by atoms with Crippen molar-refractivity contribution in [2.75, 3.05) is 27.0 Å². The number of amides is 1. The number of esters is 1. The molecular weight excluding hydrogens is 345 g/mol. The summed E-state index contributed by atoms with van der Waals surface area (Å²) in [6.07, 6.45) is 4.13. The minimum atomic E-state index is -0.345. The van der Waals surface area contributed by atoms with Crippen LogP contribution in [0.5, 0.6) is 0 Å². The van der Waals surface area contributed by atoms with E-state index in [2.05, 4.69) is 9.72 Å². The van der Waals surface area contributed by atoms with Crippen LogP contribution in [-0.2, 0) is 9.53 Å². The van der Waals surface area contributed by atoms with Crippen molar-refractivity contribution in [3.8, 4) is 5.69 Å². The summed E-state index contributed by atoms with van der Waals surface area (Å²) < 4.78 is 19.5. The highest BCUT2D eigenvalue weighted by Crippen LogP contribution is 2.23. The van der Waals surface area contributed by atoms with Gasteiger partial charge in [0.05, 0.1) is 13.3 Å². The maximum atomic E-state index is 13.2. The number of hydrogen-bond donors (Lipinski definition) is 0. The lowest BCUT2D eigenvalue weighted by Crippen LogP contribution is -2.30. The summed E-state index contributed by atoms with van der Waals surface area (Å²) in [4.78, 5) is 29.7. The van der Waals surface area contributed by atoms with Crippen LogP contribution >= 0.6 is 11.8 Å². The van der Waals surface area contributed by atoms with Crippen LogP contribution in [0.1, 0.15) is 23.3 Å². The van der Waals surface area contributed by atoms with E-state index in [1.54, 1.807) is 23.7 Å². The minimum Gasteiger partial charge on any atom is -0.469 e. The second-order valence-electron chi connectivity index (χ2n) is 5.35. The fourth-order valence-corrected chi connectivity index (χ4v) is 2.87. The van der Waals surface area contributed by atoms with Gasteiger partial charge in [-0.15, -0.1) is 0 Å². The van der Waals surface area contributed by atoms with Crippen molar-refractivity contribution in [1.29, 1.82) is 0 Å². The van der Waals surface area contributed by atoms with E-state index in [0.717, 1.165) is 0 Å². The SMILES string of the molecule is COC(=O)CCCN(C)C(=O)c1cnc(SC)n1-c1ccc(F)cc1. The Labute approximate surface area is 150 Å². The van der Waals surface area contributed by atoms with E-state index in [9.17, 15) is 14.0 Å². The normalized spacial score (nSPS) is 10.6. The first-order chi connectivity index (χ1) is 12.0. The molecule has 0 fully saturated rings. The molecule has 0 bridgehead atoms. The Hall–Kier alpha value is -2.35. The van der Waals surface area contributed by atoms with Gasteiger partial charge < -0.3 is 9.64 Å². The minimum absolute atomic E-state index is 0.220. The maximum Gasteiger partial charge on any atom is 0.305 e. The Morgan fingerprint density at radius 2 is 2.00 bits per heavy atom. The number of carbonyl (C=O) groups excluding carboxylic acids is 2. The van der Waals surface area contributed by atoms with Crippen molar-refractivity contribution in [2.24, 2.45) is 0 Å². The number of hydrogen-bond acceptors (Lipinski definition) is 5. The molecule has 0 N–H and O–H groups in total. The van der Waals surface area contributed by atoms with Gasteiger partial charge in [0.1, 0.15) is 11.5 Å². The molecule has 1 amide bonds. The Morgan fingerprint density at radius 3 is 2.60 bits per heavy atom. The fourth-order valence-electron chi connectivity index (χ4n) is 2.33. The smallest absolute Gasteiger partial charge is 0.305 e. The summed E-state index contributed by atoms with van der Waals surface area (Å²) in [6.45, 7) is 0.414. The zero-order valence-electron chi connectivity index (χ0n) is 14.4. The average molecular weight is 365 g/mol. The molecule has 25 heavy (non-hydrogen) atoms. The third-order valence-corrected chi connectivity index (χ3v) is 4.32. The summed E-state index contributed by atoms with van der Waals surface area (Å²) in [6, 6.07) is 5.89. The fraction of sp³-hybridized carbons (Fsp3) is 0.353. The van der Waals surface area contributed by atoms with Crippen molar-refractivity contribution < 1.29 is 18.7 Å². The molecule has 134 valence electrons. The highest BCUT2D eigenvalue weighted by atomic mass is 32.2. The van der Waals surface area contributed by atoms with Gasteiger partial charge in [0.15, 0.2) is 5.16 Å². The van der Waals surface area contributed by atoms with Gasteiger partial charge in [-0.2, -0.15) is 0 Å². The molecule has 0 aliphatic rings. The lowest BCUT2D eigenvalue weighted by Gasteiger charge is -2.18. The zero-order valence-corrected chi connectivity index (χ0v) is 15.2. The summed E-state index contributed by atoms with van der Waals surface area (Å²) in [5.74, 6) is -0.869. The number of nitrogens with zero attached hydrogens (tertiary/aromatic N) is 3. The number of methoxy groups -OCH3 is 1. The Kier molecular flexibility index (Phi) is 6.58. The van der Waals surface area contributed by atoms with E-state index in [4.69, 9.17) is 0 Å². The molecule has 0 saturated heterocycles. The summed E-state index contributed by atoms with van der Waals surface area (Å²) in [5.41, 5.74) is 1.05. The van der Waals surface area contributed by atoms with Gasteiger partial charge >= 0.3 is 5.97 Å². The van der Waals surface area contributed by atoms with Crippen LogP contribution in [0.4, 0.5) is 4.39 Å². The van der Waals surface area contributed by atoms with Crippen LogP contribution in [0.25, 0.3) is 5.69 Å². The molecule has 0 atom stereocenters. The van der Waals surface area contributed by atoms with Crippen LogP contribution < -0.4 is 0 Å². The Morgan fingerprint density at radius 1 is 1.32 bits per heavy atom. The molecular formula is C17H20FN3O3S. The molecule has 2 aromatic rings. The van der Waals surface area contributed by atoms with Crippen LogP contribution in [0.2, 0.25) is 0 Å². The maximum absolute atomic E-state index is 13.2. The largest absolute Gasteiger partial charge is 0.469 e. The van der Waals surface area contributed by atoms with Crippen molar-refractivity contribution >= 4 is 23.6 Å². The number of thioether (sulfide) groups is 1. The average Bonchev–Trinajstić information content (AvgIpc) is 3.05. The van der Waals surface area contributed by atoms with Crippen LogP contribution in [0.3, 0.4) is 0 Å². The summed E-state index contributed by atoms with van der Waals surface area (Å²) in [7, 11) is 3.00. The number of ether oxygens (including phenoxy) is 1. The molecule has 0 radical (unpaired) electrons. The standard InChI is InChI=1S/C17H20FN3O3S/c1-20(10-4-5-15(22)24-2)16(23)14-11-19-17(25-3)21(14)13-8-6-12(18)7-9-13/h6-9,11H,4-5,10H2,1-3H3. The number of aromatic nitrogens is 2. The van der Waals surface area contributed by atoms with E-state index in [0.29, 0.717) is 29.5 Å². The molecule has 1 heterocycles. The summed E-state index contributed by atoms with van der Waals surface area (Å²) in [5, 5.41) is 0.637. The van der Waals surface area contributed by atoms with Gasteiger partial charge in [0.2, 0.25) is 0 Å². The predicted molar refractivity (Wildman–Crippen MR) is 93.5 cm³/mol.